The number of halogens is 1. The summed E-state index contributed by atoms with van der Waals surface area (Å²) in [6.07, 6.45) is -34.1. The maximum Gasteiger partial charge on any atom is 0.239 e. The average molecular weight is 570 g/mol. The zero-order chi connectivity index (χ0) is 41.4. The van der Waals surface area contributed by atoms with Gasteiger partial charge < -0.3 is 4.32 Å². The second kappa shape index (κ2) is 25.1. The molecule has 0 nitrogen and oxygen atoms in total. The van der Waals surface area contributed by atoms with Crippen LogP contribution in [0.2, 0.25) is 0 Å². The maximum absolute atomic E-state index is 15.6. The highest BCUT2D eigenvalue weighted by Crippen LogP contribution is 2.22. The van der Waals surface area contributed by atoms with E-state index in [-0.39, 0.29) is 0 Å². The van der Waals surface area contributed by atoms with E-state index < -0.39 is 160 Å². The van der Waals surface area contributed by atoms with Crippen molar-refractivity contribution in [1.82, 2.24) is 0 Å². The van der Waals surface area contributed by atoms with Crippen LogP contribution in [-0.2, 0) is 0 Å². The summed E-state index contributed by atoms with van der Waals surface area (Å²) in [5.74, 6) is 0. The molecular weight excluding hydrogens is 570 g/mol. The van der Waals surface area contributed by atoms with Crippen LogP contribution in [0.1, 0.15) is 0 Å². The summed E-state index contributed by atoms with van der Waals surface area (Å²) in [4.78, 5) is 0. The van der Waals surface area contributed by atoms with Crippen molar-refractivity contribution in [1.29, 1.82) is 0 Å². The molecule has 0 N–H and O–H groups in total. The van der Waals surface area contributed by atoms with Crippen LogP contribution in [0.3, 0.4) is 0 Å². The molecule has 0 atom stereocenters. The normalized spacial score (nSPS) is 9.71. The van der Waals surface area contributed by atoms with Crippen molar-refractivity contribution in [3.05, 3.63) is 0 Å². The molecule has 0 bridgehead atoms. The largest absolute Gasteiger partial charge is 0.361 e. The van der Waals surface area contributed by atoms with Crippen LogP contribution < -0.4 is 0 Å². The molecule has 0 unspecified atom stereocenters. The van der Waals surface area contributed by atoms with Crippen molar-refractivity contribution in [2.24, 2.45) is 0 Å². The molecule has 0 heterocycles. The van der Waals surface area contributed by atoms with Crippen LogP contribution in [0.5, 0.6) is 0 Å². The molecule has 0 aromatic heterocycles. The lowest BCUT2D eigenvalue weighted by Gasteiger charge is -2.57. The molecule has 52 radical (unpaired) electrons. The Balaban J connectivity index is 9.73. The molecule has 0 fully saturated rings. The highest BCUT2D eigenvalue weighted by molar-refractivity contribution is 8.35. The van der Waals surface area contributed by atoms with Gasteiger partial charge in [0.1, 0.15) is 0 Å². The van der Waals surface area contributed by atoms with Gasteiger partial charge in [0.15, 0.2) is 0 Å². The molecule has 0 saturated carbocycles. The molecule has 0 aromatic carbocycles. The Labute approximate surface area is 362 Å². The molecule has 160 valence electrons. The molecule has 52 heteroatoms. The molecule has 0 aliphatic rings. The maximum atomic E-state index is 15.6. The molecule has 0 rings (SSSR count). The van der Waals surface area contributed by atoms with Crippen LogP contribution in [0.15, 0.2) is 0 Å². The van der Waals surface area contributed by atoms with E-state index in [2.05, 4.69) is 0 Å². The lowest BCUT2D eigenvalue weighted by Crippen LogP contribution is -2.95. The first-order valence-corrected chi connectivity index (χ1v) is 16.9. The summed E-state index contributed by atoms with van der Waals surface area (Å²) in [6.45, 7) is -2.34. The third-order valence-corrected chi connectivity index (χ3v) is 10.6. The zero-order valence-electron chi connectivity index (χ0n) is 29.8. The van der Waals surface area contributed by atoms with Gasteiger partial charge in [-0.3, -0.25) is 0 Å². The van der Waals surface area contributed by atoms with Crippen LogP contribution in [0, 0.1) is 0 Å². The van der Waals surface area contributed by atoms with Crippen molar-refractivity contribution in [2.45, 2.75) is 0 Å². The highest BCUT2D eigenvalue weighted by atomic mass is 19.1. The van der Waals surface area contributed by atoms with Crippen LogP contribution in [0.25, 0.3) is 0 Å². The van der Waals surface area contributed by atoms with Crippen LogP contribution >= 0.6 is 0 Å². The van der Waals surface area contributed by atoms with Gasteiger partial charge in [-0.15, -0.1) is 0 Å². The number of hydrogen-bond acceptors (Lipinski definition) is 0. The molecular formula is B51F. The van der Waals surface area contributed by atoms with Crippen molar-refractivity contribution in [3.63, 3.8) is 0 Å². The Kier molecular flexibility index (Phi) is 26.7. The fourth-order valence-corrected chi connectivity index (χ4v) is 8.68. The predicted molar refractivity (Wildman–Crippen MR) is 295 cm³/mol. The van der Waals surface area contributed by atoms with Gasteiger partial charge in [-0.05, 0) is 0 Å². The Morgan fingerprint density at radius 2 is 0.288 bits per heavy atom. The van der Waals surface area contributed by atoms with E-state index in [9.17, 15) is 0 Å². The van der Waals surface area contributed by atoms with E-state index in [0.717, 1.165) is 0 Å². The first kappa shape index (κ1) is 55.2. The van der Waals surface area contributed by atoms with Crippen molar-refractivity contribution in [2.75, 3.05) is 0 Å². The minimum atomic E-state index is -2.34. The smallest absolute Gasteiger partial charge is 0.239 e. The van der Waals surface area contributed by atoms with Crippen LogP contribution in [-0.4, -0.2) is 361 Å². The fraction of sp³-hybridized carbons (Fsp3) is 0. The first-order valence-electron chi connectivity index (χ1n) is 16.9. The minimum absolute atomic E-state index is 1.30. The molecule has 0 spiro atoms. The quantitative estimate of drug-likeness (QED) is 0.101. The van der Waals surface area contributed by atoms with Gasteiger partial charge in [0.05, 0.1) is 14.1 Å². The lowest BCUT2D eigenvalue weighted by atomic mass is 8.24. The van der Waals surface area contributed by atoms with Gasteiger partial charge in [0.2, 0.25) is 6.77 Å². The summed E-state index contributed by atoms with van der Waals surface area (Å²) in [5, 5.41) is 0. The Hall–Kier alpha value is 3.24. The zero-order valence-corrected chi connectivity index (χ0v) is 29.8. The lowest BCUT2D eigenvalue weighted by molar-refractivity contribution is 0.883. The van der Waals surface area contributed by atoms with E-state index >= 15 is 4.32 Å². The summed E-state index contributed by atoms with van der Waals surface area (Å²) < 4.78 is 15.6. The van der Waals surface area contributed by atoms with Crippen molar-refractivity contribution >= 4 is 361 Å². The highest BCUT2D eigenvalue weighted by Gasteiger charge is 2.61. The predicted octanol–water partition coefficient (Wildman–Crippen LogP) is -19.0. The second-order valence-corrected chi connectivity index (χ2v) is 14.3. The SMILES string of the molecule is [B]B([B])B(B([B])[B])B(B([B])B([B])F)B(B(B([B])[B])B([B])[B])B(B(B(B([B])[B])B([B])[B])B(B([B])[B])B([B])[B])B(B(B([B])[B])B([B])[B])B(B([B])[B])B([B])[B]. The monoisotopic (exact) mass is 580 g/mol. The van der Waals surface area contributed by atoms with Gasteiger partial charge in [-0.25, -0.2) is 0 Å². The van der Waals surface area contributed by atoms with Gasteiger partial charge in [0.25, 0.3) is 0 Å². The minimum Gasteiger partial charge on any atom is -0.361 e. The summed E-state index contributed by atoms with van der Waals surface area (Å²) in [6, 6.07) is 0. The Morgan fingerprint density at radius 1 is 0.173 bits per heavy atom. The summed E-state index contributed by atoms with van der Waals surface area (Å²) in [5.41, 5.74) is 0. The van der Waals surface area contributed by atoms with Gasteiger partial charge in [0, 0.05) is 340 Å². The molecule has 52 heavy (non-hydrogen) atoms. The van der Waals surface area contributed by atoms with Crippen molar-refractivity contribution in [3.8, 4) is 0 Å². The number of rotatable bonds is 24. The van der Waals surface area contributed by atoms with E-state index in [1.165, 1.54) is 0 Å². The van der Waals surface area contributed by atoms with E-state index in [0.29, 0.717) is 0 Å². The summed E-state index contributed by atoms with van der Waals surface area (Å²) >= 11 is 0. The Bertz CT molecular complexity index is 783. The summed E-state index contributed by atoms with van der Waals surface area (Å²) in [7, 11) is 166. The van der Waals surface area contributed by atoms with Gasteiger partial charge in [-0.1, -0.05) is 0 Å². The molecule has 0 aliphatic carbocycles. The molecule has 0 aromatic rings. The molecule has 0 aliphatic heterocycles. The molecule has 0 saturated heterocycles. The van der Waals surface area contributed by atoms with Gasteiger partial charge in [-0.2, -0.15) is 0 Å². The molecule has 0 amide bonds. The topological polar surface area (TPSA) is 0 Å². The van der Waals surface area contributed by atoms with Gasteiger partial charge >= 0.3 is 0 Å². The average Bonchev–Trinajstić information content (AvgIpc) is 2.92. The standard InChI is InChI=1S/B51F/c1-27(2)41(28(3)4)47(39(25)40(26)52)50(46(37(21)22)38(23)24)51(48(42(29(5)6)30(7)8)43(31(9)10)32(11)12)49(44(33(13)14)34(15)16)45(35(17)18)36(19)20. The Morgan fingerprint density at radius 3 is 0.423 bits per heavy atom. The first-order chi connectivity index (χ1) is 23.6. The van der Waals surface area contributed by atoms with Crippen LogP contribution in [0.4, 0.5) is 4.32 Å². The van der Waals surface area contributed by atoms with E-state index in [1.807, 2.05) is 0 Å². The number of hydrogen-bond donors (Lipinski definition) is 0. The second-order valence-electron chi connectivity index (χ2n) is 14.3. The third kappa shape index (κ3) is 14.8. The fourth-order valence-electron chi connectivity index (χ4n) is 8.68. The van der Waals surface area contributed by atoms with E-state index in [1.54, 1.807) is 0 Å². The van der Waals surface area contributed by atoms with E-state index in [4.69, 9.17) is 201 Å². The third-order valence-electron chi connectivity index (χ3n) is 10.6. The van der Waals surface area contributed by atoms with Crippen molar-refractivity contribution < 1.29 is 4.32 Å².